The number of carbonyl (C=O) groups is 1. The molecule has 0 spiro atoms. The van der Waals surface area contributed by atoms with Gasteiger partial charge in [-0.05, 0) is 54.8 Å². The molecule has 0 bridgehead atoms. The lowest BCUT2D eigenvalue weighted by molar-refractivity contribution is 0.0828. The summed E-state index contributed by atoms with van der Waals surface area (Å²) in [5, 5.41) is 4.69. The molecule has 1 saturated heterocycles. The summed E-state index contributed by atoms with van der Waals surface area (Å²) in [4.78, 5) is 21.1. The van der Waals surface area contributed by atoms with Gasteiger partial charge in [0.2, 0.25) is 0 Å². The number of hydrogen-bond acceptors (Lipinski definition) is 4. The van der Waals surface area contributed by atoms with E-state index in [9.17, 15) is 4.79 Å². The Kier molecular flexibility index (Phi) is 6.32. The molecule has 1 fully saturated rings. The van der Waals surface area contributed by atoms with Crippen molar-refractivity contribution in [2.24, 2.45) is 0 Å². The molecule has 0 radical (unpaired) electrons. The zero-order valence-electron chi connectivity index (χ0n) is 19.8. The normalized spacial score (nSPS) is 14.9. The molecular formula is C28H31N5O. The Morgan fingerprint density at radius 1 is 1.03 bits per heavy atom. The number of nitrogens with zero attached hydrogens (tertiary/aromatic N) is 4. The van der Waals surface area contributed by atoms with E-state index in [1.807, 2.05) is 42.7 Å². The van der Waals surface area contributed by atoms with Gasteiger partial charge < -0.3 is 14.8 Å². The highest BCUT2D eigenvalue weighted by Crippen LogP contribution is 2.23. The molecule has 5 rings (SSSR count). The zero-order chi connectivity index (χ0) is 23.5. The van der Waals surface area contributed by atoms with E-state index in [0.29, 0.717) is 11.6 Å². The van der Waals surface area contributed by atoms with Crippen LogP contribution in [0.4, 0.5) is 5.69 Å². The molecule has 174 valence electrons. The van der Waals surface area contributed by atoms with E-state index in [1.165, 1.54) is 5.56 Å². The Labute approximate surface area is 200 Å². The van der Waals surface area contributed by atoms with E-state index in [4.69, 9.17) is 4.98 Å². The number of likely N-dealkylation sites (tertiary alicyclic amines) is 1. The zero-order valence-corrected chi connectivity index (χ0v) is 19.8. The highest BCUT2D eigenvalue weighted by Gasteiger charge is 2.19. The van der Waals surface area contributed by atoms with Gasteiger partial charge in [0, 0.05) is 56.9 Å². The predicted octanol–water partition coefficient (Wildman–Crippen LogP) is 4.80. The van der Waals surface area contributed by atoms with Gasteiger partial charge in [-0.25, -0.2) is 4.98 Å². The number of benzene rings is 2. The van der Waals surface area contributed by atoms with Crippen molar-refractivity contribution >= 4 is 22.5 Å². The number of piperidine rings is 1. The van der Waals surface area contributed by atoms with Crippen LogP contribution in [0.15, 0.2) is 79.1 Å². The van der Waals surface area contributed by atoms with Crippen molar-refractivity contribution in [1.82, 2.24) is 19.4 Å². The van der Waals surface area contributed by atoms with Crippen molar-refractivity contribution in [2.45, 2.75) is 25.4 Å². The van der Waals surface area contributed by atoms with Crippen LogP contribution in [0.3, 0.4) is 0 Å². The molecule has 2 aromatic heterocycles. The number of carbonyl (C=O) groups excluding carboxylic acids is 1. The first kappa shape index (κ1) is 22.2. The van der Waals surface area contributed by atoms with Gasteiger partial charge >= 0.3 is 0 Å². The Hall–Kier alpha value is -3.64. The van der Waals surface area contributed by atoms with Crippen LogP contribution < -0.4 is 5.32 Å². The molecule has 1 aliphatic rings. The maximum Gasteiger partial charge on any atom is 0.253 e. The van der Waals surface area contributed by atoms with Gasteiger partial charge in [0.25, 0.3) is 5.91 Å². The summed E-state index contributed by atoms with van der Waals surface area (Å²) in [5.41, 5.74) is 4.17. The van der Waals surface area contributed by atoms with Crippen LogP contribution in [0.2, 0.25) is 0 Å². The molecule has 3 heterocycles. The lowest BCUT2D eigenvalue weighted by Crippen LogP contribution is -2.38. The van der Waals surface area contributed by atoms with E-state index in [-0.39, 0.29) is 5.91 Å². The minimum Gasteiger partial charge on any atom is -0.381 e. The van der Waals surface area contributed by atoms with E-state index < -0.39 is 0 Å². The number of hydrogen-bond donors (Lipinski definition) is 1. The molecule has 0 saturated carbocycles. The monoisotopic (exact) mass is 453 g/mol. The fraction of sp³-hybridized carbons (Fsp3) is 0.286. The summed E-state index contributed by atoms with van der Waals surface area (Å²) >= 11 is 0. The number of amides is 1. The SMILES string of the molecule is CN(C)C(=O)c1ccc2c(ccn2-c2ccc(NC3CCN(Cc4ccccc4)CC3)cn2)c1. The smallest absolute Gasteiger partial charge is 0.253 e. The summed E-state index contributed by atoms with van der Waals surface area (Å²) < 4.78 is 2.06. The second-order valence-corrected chi connectivity index (χ2v) is 9.24. The average molecular weight is 454 g/mol. The van der Waals surface area contributed by atoms with Crippen LogP contribution in [-0.2, 0) is 6.54 Å². The molecule has 4 aromatic rings. The summed E-state index contributed by atoms with van der Waals surface area (Å²) in [6.07, 6.45) is 6.18. The van der Waals surface area contributed by atoms with Gasteiger partial charge in [0.1, 0.15) is 5.82 Å². The minimum absolute atomic E-state index is 0.00843. The summed E-state index contributed by atoms with van der Waals surface area (Å²) in [5.74, 6) is 0.874. The predicted molar refractivity (Wildman–Crippen MR) is 137 cm³/mol. The summed E-state index contributed by atoms with van der Waals surface area (Å²) in [6.45, 7) is 3.23. The second kappa shape index (κ2) is 9.69. The Morgan fingerprint density at radius 3 is 2.53 bits per heavy atom. The Morgan fingerprint density at radius 2 is 1.82 bits per heavy atom. The van der Waals surface area contributed by atoms with Crippen molar-refractivity contribution in [3.8, 4) is 5.82 Å². The van der Waals surface area contributed by atoms with Gasteiger partial charge in [0.15, 0.2) is 0 Å². The first-order valence-electron chi connectivity index (χ1n) is 11.9. The molecule has 6 heteroatoms. The largest absolute Gasteiger partial charge is 0.381 e. The van der Waals surface area contributed by atoms with E-state index in [0.717, 1.165) is 54.9 Å². The Bertz CT molecular complexity index is 1260. The molecule has 0 aliphatic carbocycles. The highest BCUT2D eigenvalue weighted by molar-refractivity contribution is 5.98. The molecule has 0 unspecified atom stereocenters. The van der Waals surface area contributed by atoms with Gasteiger partial charge in [-0.1, -0.05) is 30.3 Å². The number of pyridine rings is 1. The van der Waals surface area contributed by atoms with Gasteiger partial charge in [-0.15, -0.1) is 0 Å². The topological polar surface area (TPSA) is 53.4 Å². The third kappa shape index (κ3) is 4.82. The van der Waals surface area contributed by atoms with Crippen LogP contribution >= 0.6 is 0 Å². The lowest BCUT2D eigenvalue weighted by atomic mass is 10.0. The molecule has 2 aromatic carbocycles. The van der Waals surface area contributed by atoms with Crippen LogP contribution in [0.5, 0.6) is 0 Å². The molecule has 1 N–H and O–H groups in total. The van der Waals surface area contributed by atoms with Crippen molar-refractivity contribution in [3.05, 3.63) is 90.3 Å². The summed E-state index contributed by atoms with van der Waals surface area (Å²) in [6, 6.07) is 23.2. The minimum atomic E-state index is 0.00843. The van der Waals surface area contributed by atoms with Crippen LogP contribution in [0, 0.1) is 0 Å². The van der Waals surface area contributed by atoms with Gasteiger partial charge in [-0.3, -0.25) is 9.69 Å². The van der Waals surface area contributed by atoms with Gasteiger partial charge in [0.05, 0.1) is 17.4 Å². The van der Waals surface area contributed by atoms with Crippen LogP contribution in [0.25, 0.3) is 16.7 Å². The molecule has 0 atom stereocenters. The Balaban J connectivity index is 1.21. The highest BCUT2D eigenvalue weighted by atomic mass is 16.2. The number of fused-ring (bicyclic) bond motifs is 1. The number of aromatic nitrogens is 2. The number of anilines is 1. The van der Waals surface area contributed by atoms with E-state index in [2.05, 4.69) is 51.2 Å². The third-order valence-corrected chi connectivity index (χ3v) is 6.55. The summed E-state index contributed by atoms with van der Waals surface area (Å²) in [7, 11) is 3.54. The standard InChI is InChI=1S/C28H31N5O/c1-31(2)28(34)23-8-10-26-22(18-23)12-17-33(26)27-11-9-25(19-29-27)30-24-13-15-32(16-14-24)20-21-6-4-3-5-7-21/h3-12,17-19,24,30H,13-16,20H2,1-2H3. The quantitative estimate of drug-likeness (QED) is 0.456. The molecular weight excluding hydrogens is 422 g/mol. The van der Waals surface area contributed by atoms with Crippen molar-refractivity contribution in [3.63, 3.8) is 0 Å². The third-order valence-electron chi connectivity index (χ3n) is 6.55. The maximum atomic E-state index is 12.3. The lowest BCUT2D eigenvalue weighted by Gasteiger charge is -2.32. The van der Waals surface area contributed by atoms with E-state index in [1.54, 1.807) is 19.0 Å². The first-order valence-corrected chi connectivity index (χ1v) is 11.9. The van der Waals surface area contributed by atoms with E-state index >= 15 is 0 Å². The maximum absolute atomic E-state index is 12.3. The number of rotatable bonds is 6. The number of nitrogens with one attached hydrogen (secondary N) is 1. The first-order chi connectivity index (χ1) is 16.6. The fourth-order valence-corrected chi connectivity index (χ4v) is 4.66. The van der Waals surface area contributed by atoms with Crippen LogP contribution in [-0.4, -0.2) is 58.5 Å². The fourth-order valence-electron chi connectivity index (χ4n) is 4.66. The molecule has 1 aliphatic heterocycles. The average Bonchev–Trinajstić information content (AvgIpc) is 3.29. The van der Waals surface area contributed by atoms with Crippen molar-refractivity contribution in [2.75, 3.05) is 32.5 Å². The van der Waals surface area contributed by atoms with Gasteiger partial charge in [-0.2, -0.15) is 0 Å². The second-order valence-electron chi connectivity index (χ2n) is 9.24. The molecule has 1 amide bonds. The van der Waals surface area contributed by atoms with Crippen LogP contribution in [0.1, 0.15) is 28.8 Å². The van der Waals surface area contributed by atoms with Crippen molar-refractivity contribution in [1.29, 1.82) is 0 Å². The molecule has 34 heavy (non-hydrogen) atoms. The molecule has 6 nitrogen and oxygen atoms in total. The van der Waals surface area contributed by atoms with Crippen molar-refractivity contribution < 1.29 is 4.79 Å².